The van der Waals surface area contributed by atoms with Gasteiger partial charge in [-0.05, 0) is 12.5 Å². The van der Waals surface area contributed by atoms with Crippen molar-refractivity contribution in [2.24, 2.45) is 0 Å². The van der Waals surface area contributed by atoms with E-state index in [0.29, 0.717) is 0 Å². The van der Waals surface area contributed by atoms with Crippen LogP contribution in [0.25, 0.3) is 0 Å². The number of methoxy groups -OCH3 is 1. The normalized spacial score (nSPS) is 32.1. The fraction of sp³-hybridized carbons (Fsp3) is 0.464. The zero-order valence-electron chi connectivity index (χ0n) is 22.4. The third-order valence-electron chi connectivity index (χ3n) is 8.38. The summed E-state index contributed by atoms with van der Waals surface area (Å²) in [6.07, 6.45) is -10.9. The largest absolute Gasteiger partial charge is 0.507 e. The smallest absolute Gasteiger partial charge is 0.316 e. The molecule has 1 saturated heterocycles. The molecule has 0 bridgehead atoms. The number of aliphatic hydroxyl groups excluding tert-OH is 4. The number of hydrogen-bond acceptors (Lipinski definition) is 14. The van der Waals surface area contributed by atoms with Gasteiger partial charge in [0.2, 0.25) is 5.78 Å². The third kappa shape index (κ3) is 4.18. The van der Waals surface area contributed by atoms with Crippen molar-refractivity contribution in [3.05, 3.63) is 51.6 Å². The highest BCUT2D eigenvalue weighted by Gasteiger charge is 2.55. The molecule has 5 rings (SSSR count). The van der Waals surface area contributed by atoms with E-state index in [4.69, 9.17) is 14.2 Å². The van der Waals surface area contributed by atoms with Crippen LogP contribution in [0.3, 0.4) is 0 Å². The van der Waals surface area contributed by atoms with Gasteiger partial charge in [-0.25, -0.2) is 0 Å². The summed E-state index contributed by atoms with van der Waals surface area (Å²) in [5.74, 6) is -7.11. The highest BCUT2D eigenvalue weighted by molar-refractivity contribution is 6.31. The lowest BCUT2D eigenvalue weighted by Gasteiger charge is -2.46. The summed E-state index contributed by atoms with van der Waals surface area (Å²) < 4.78 is 16.2. The molecule has 2 aromatic rings. The molecule has 0 radical (unpaired) electrons. The fourth-order valence-corrected chi connectivity index (χ4v) is 6.12. The molecule has 0 saturated carbocycles. The van der Waals surface area contributed by atoms with Crippen LogP contribution in [0.4, 0.5) is 0 Å². The number of phenols is 3. The van der Waals surface area contributed by atoms with Crippen LogP contribution >= 0.6 is 0 Å². The van der Waals surface area contributed by atoms with Crippen molar-refractivity contribution in [1.29, 1.82) is 0 Å². The maximum absolute atomic E-state index is 13.6. The second-order valence-corrected chi connectivity index (χ2v) is 10.6. The van der Waals surface area contributed by atoms with Crippen molar-refractivity contribution in [3.8, 4) is 17.2 Å². The number of aromatic hydroxyl groups is 3. The Morgan fingerprint density at radius 3 is 2.24 bits per heavy atom. The summed E-state index contributed by atoms with van der Waals surface area (Å²) in [7, 11) is 1.03. The number of ether oxygens (including phenoxy) is 3. The van der Waals surface area contributed by atoms with E-state index >= 15 is 0 Å². The Labute approximate surface area is 237 Å². The van der Waals surface area contributed by atoms with E-state index in [2.05, 4.69) is 0 Å². The monoisotopic (exact) mass is 590 g/mol. The third-order valence-corrected chi connectivity index (χ3v) is 8.38. The van der Waals surface area contributed by atoms with Gasteiger partial charge in [0, 0.05) is 23.1 Å². The van der Waals surface area contributed by atoms with Gasteiger partial charge in [0.1, 0.15) is 47.6 Å². The highest BCUT2D eigenvalue weighted by Crippen LogP contribution is 2.57. The number of esters is 1. The van der Waals surface area contributed by atoms with Crippen LogP contribution in [0.15, 0.2) is 18.2 Å². The lowest BCUT2D eigenvalue weighted by molar-refractivity contribution is -0.316. The molecule has 3 aliphatic rings. The molecule has 14 nitrogen and oxygen atoms in total. The molecule has 42 heavy (non-hydrogen) atoms. The predicted molar refractivity (Wildman–Crippen MR) is 137 cm³/mol. The minimum Gasteiger partial charge on any atom is -0.507 e. The summed E-state index contributed by atoms with van der Waals surface area (Å²) in [6.45, 7) is 0.725. The molecule has 1 fully saturated rings. The summed E-state index contributed by atoms with van der Waals surface area (Å²) in [5.41, 5.74) is -5.01. The van der Waals surface area contributed by atoms with Gasteiger partial charge in [0.05, 0.1) is 42.1 Å². The van der Waals surface area contributed by atoms with Crippen LogP contribution in [0.2, 0.25) is 0 Å². The molecule has 2 aromatic carbocycles. The van der Waals surface area contributed by atoms with Gasteiger partial charge in [-0.15, -0.1) is 0 Å². The molecule has 1 aliphatic heterocycles. The second-order valence-electron chi connectivity index (χ2n) is 10.6. The molecule has 8 N–H and O–H groups in total. The van der Waals surface area contributed by atoms with Crippen molar-refractivity contribution in [3.63, 3.8) is 0 Å². The number of ketones is 2. The Balaban J connectivity index is 1.76. The average molecular weight is 591 g/mol. The number of benzene rings is 2. The Kier molecular flexibility index (Phi) is 7.52. The summed E-state index contributed by atoms with van der Waals surface area (Å²) in [5, 5.41) is 85.7. The number of phenolic OH excluding ortho intramolecular Hbond substituents is 3. The van der Waals surface area contributed by atoms with Crippen molar-refractivity contribution in [1.82, 2.24) is 0 Å². The van der Waals surface area contributed by atoms with Crippen LogP contribution in [0.1, 0.15) is 74.8 Å². The van der Waals surface area contributed by atoms with E-state index < -0.39 is 124 Å². The molecular weight excluding hydrogens is 560 g/mol. The number of hydrogen-bond donors (Lipinski definition) is 8. The van der Waals surface area contributed by atoms with Crippen LogP contribution in [0.5, 0.6) is 17.2 Å². The summed E-state index contributed by atoms with van der Waals surface area (Å²) in [6, 6.07) is 3.69. The molecule has 226 valence electrons. The van der Waals surface area contributed by atoms with Crippen LogP contribution < -0.4 is 0 Å². The van der Waals surface area contributed by atoms with E-state index in [9.17, 15) is 55.2 Å². The van der Waals surface area contributed by atoms with Crippen LogP contribution in [0, 0.1) is 0 Å². The molecule has 0 spiro atoms. The first-order valence-electron chi connectivity index (χ1n) is 13.1. The molecule has 14 heteroatoms. The standard InChI is InChI=1S/C28H30O14/c1-3-28(39)7-11(41-27-25(37)24(36)20(32)12(8-29)42-27)14-15(18(28)26(38)40-2)23(35)16-17(22(14)34)21(33)13-9(19(16)31)5-4-6-10(13)30/h4-6,11-12,18,20,24-25,27,29-30,32,34-37,39H,3,7-8H2,1-2H3. The van der Waals surface area contributed by atoms with Gasteiger partial charge >= 0.3 is 5.97 Å². The Morgan fingerprint density at radius 1 is 0.976 bits per heavy atom. The maximum Gasteiger partial charge on any atom is 0.316 e. The van der Waals surface area contributed by atoms with Crippen molar-refractivity contribution in [2.45, 2.75) is 68.1 Å². The number of carbonyl (C=O) groups excluding carboxylic acids is 3. The van der Waals surface area contributed by atoms with Gasteiger partial charge < -0.3 is 55.1 Å². The Morgan fingerprint density at radius 2 is 1.62 bits per heavy atom. The topological polar surface area (TPSA) is 241 Å². The number of carbonyl (C=O) groups is 3. The molecule has 8 unspecified atom stereocenters. The predicted octanol–water partition coefficient (Wildman–Crippen LogP) is -0.762. The Hall–Kier alpha value is -3.63. The van der Waals surface area contributed by atoms with Crippen molar-refractivity contribution < 1.29 is 69.4 Å². The number of fused-ring (bicyclic) bond motifs is 3. The molecule has 2 aliphatic carbocycles. The van der Waals surface area contributed by atoms with Gasteiger partial charge in [-0.3, -0.25) is 14.4 Å². The first kappa shape index (κ1) is 29.8. The van der Waals surface area contributed by atoms with E-state index in [1.807, 2.05) is 0 Å². The van der Waals surface area contributed by atoms with Gasteiger partial charge in [0.25, 0.3) is 0 Å². The Bertz CT molecular complexity index is 1470. The van der Waals surface area contributed by atoms with Crippen molar-refractivity contribution >= 4 is 17.5 Å². The van der Waals surface area contributed by atoms with E-state index in [-0.39, 0.29) is 12.0 Å². The zero-order valence-corrected chi connectivity index (χ0v) is 22.4. The summed E-state index contributed by atoms with van der Waals surface area (Å²) >= 11 is 0. The average Bonchev–Trinajstić information content (AvgIpc) is 2.97. The van der Waals surface area contributed by atoms with Gasteiger partial charge in [-0.1, -0.05) is 19.1 Å². The zero-order chi connectivity index (χ0) is 30.8. The van der Waals surface area contributed by atoms with Gasteiger partial charge in [-0.2, -0.15) is 0 Å². The first-order valence-corrected chi connectivity index (χ1v) is 13.1. The molecule has 8 atom stereocenters. The summed E-state index contributed by atoms with van der Waals surface area (Å²) in [4.78, 5) is 40.2. The quantitative estimate of drug-likeness (QED) is 0.135. The minimum atomic E-state index is -2.05. The van der Waals surface area contributed by atoms with E-state index in [1.54, 1.807) is 0 Å². The molecule has 1 heterocycles. The second kappa shape index (κ2) is 10.6. The lowest BCUT2D eigenvalue weighted by Crippen LogP contribution is -2.59. The van der Waals surface area contributed by atoms with Gasteiger partial charge in [0.15, 0.2) is 12.1 Å². The molecule has 0 amide bonds. The highest BCUT2D eigenvalue weighted by atomic mass is 16.7. The lowest BCUT2D eigenvalue weighted by atomic mass is 9.66. The van der Waals surface area contributed by atoms with Crippen molar-refractivity contribution in [2.75, 3.05) is 13.7 Å². The minimum absolute atomic E-state index is 0.151. The SMILES string of the molecule is CCC1(O)CC(OC2OC(CO)C(O)C(O)C2O)c2c(O)c3c(c(O)c2C1C(=O)OC)C(=O)c1cccc(O)c1C3=O. The first-order chi connectivity index (χ1) is 19.8. The maximum atomic E-state index is 13.6. The van der Waals surface area contributed by atoms with Crippen LogP contribution in [-0.2, 0) is 19.0 Å². The van der Waals surface area contributed by atoms with Crippen LogP contribution in [-0.4, -0.2) is 108 Å². The number of aliphatic hydroxyl groups is 5. The fourth-order valence-electron chi connectivity index (χ4n) is 6.12. The number of rotatable bonds is 5. The molecular formula is C28H30O14. The van der Waals surface area contributed by atoms with E-state index in [0.717, 1.165) is 13.2 Å². The van der Waals surface area contributed by atoms with E-state index in [1.165, 1.54) is 19.1 Å². The molecule has 0 aromatic heterocycles.